The molecule has 0 aromatic heterocycles. The molecule has 2 nitrogen and oxygen atoms in total. The third-order valence-electron chi connectivity index (χ3n) is 3.14. The maximum atomic E-state index is 13.8. The first kappa shape index (κ1) is 16.0. The Balaban J connectivity index is 3.09. The lowest BCUT2D eigenvalue weighted by Crippen LogP contribution is -2.32. The van der Waals surface area contributed by atoms with Gasteiger partial charge >= 0.3 is 0 Å². The predicted octanol–water partition coefficient (Wildman–Crippen LogP) is 3.57. The Morgan fingerprint density at radius 3 is 2.37 bits per heavy atom. The van der Waals surface area contributed by atoms with E-state index in [4.69, 9.17) is 4.74 Å². The van der Waals surface area contributed by atoms with Gasteiger partial charge in [0.15, 0.2) is 17.5 Å². The van der Waals surface area contributed by atoms with Crippen LogP contribution >= 0.6 is 0 Å². The molecule has 1 N–H and O–H groups in total. The molecule has 0 spiro atoms. The quantitative estimate of drug-likeness (QED) is 0.801. The second kappa shape index (κ2) is 6.39. The SMILES string of the molecule is CCNC(CC(C)(C)OC)c1ccc(F)c(F)c1F. The van der Waals surface area contributed by atoms with Crippen LogP contribution < -0.4 is 5.32 Å². The third kappa shape index (κ3) is 3.94. The Morgan fingerprint density at radius 2 is 1.84 bits per heavy atom. The number of benzene rings is 1. The minimum Gasteiger partial charge on any atom is -0.379 e. The zero-order chi connectivity index (χ0) is 14.6. The van der Waals surface area contributed by atoms with E-state index in [-0.39, 0.29) is 5.56 Å². The summed E-state index contributed by atoms with van der Waals surface area (Å²) in [7, 11) is 1.56. The van der Waals surface area contributed by atoms with Crippen LogP contribution in [0.4, 0.5) is 13.2 Å². The third-order valence-corrected chi connectivity index (χ3v) is 3.14. The summed E-state index contributed by atoms with van der Waals surface area (Å²) in [4.78, 5) is 0. The topological polar surface area (TPSA) is 21.3 Å². The Bertz CT molecular complexity index is 435. The smallest absolute Gasteiger partial charge is 0.194 e. The van der Waals surface area contributed by atoms with E-state index >= 15 is 0 Å². The van der Waals surface area contributed by atoms with Crippen LogP contribution in [-0.2, 0) is 4.74 Å². The highest BCUT2D eigenvalue weighted by Crippen LogP contribution is 2.29. The first-order valence-corrected chi connectivity index (χ1v) is 6.24. The largest absolute Gasteiger partial charge is 0.379 e. The zero-order valence-electron chi connectivity index (χ0n) is 11.7. The van der Waals surface area contributed by atoms with Crippen LogP contribution in [0.5, 0.6) is 0 Å². The second-order valence-electron chi connectivity index (χ2n) is 5.04. The van der Waals surface area contributed by atoms with Gasteiger partial charge in [-0.3, -0.25) is 0 Å². The monoisotopic (exact) mass is 275 g/mol. The number of hydrogen-bond donors (Lipinski definition) is 1. The van der Waals surface area contributed by atoms with Gasteiger partial charge in [-0.05, 0) is 32.9 Å². The summed E-state index contributed by atoms with van der Waals surface area (Å²) < 4.78 is 45.4. The first-order chi connectivity index (χ1) is 8.82. The fourth-order valence-corrected chi connectivity index (χ4v) is 1.92. The van der Waals surface area contributed by atoms with Gasteiger partial charge in [-0.15, -0.1) is 0 Å². The summed E-state index contributed by atoms with van der Waals surface area (Å²) in [5, 5.41) is 3.07. The van der Waals surface area contributed by atoms with Crippen LogP contribution in [0.15, 0.2) is 12.1 Å². The van der Waals surface area contributed by atoms with Crippen molar-refractivity contribution in [2.75, 3.05) is 13.7 Å². The molecule has 0 saturated carbocycles. The molecular formula is C14H20F3NO. The van der Waals surface area contributed by atoms with Crippen LogP contribution in [0, 0.1) is 17.5 Å². The summed E-state index contributed by atoms with van der Waals surface area (Å²) in [6.45, 7) is 6.16. The fraction of sp³-hybridized carbons (Fsp3) is 0.571. The summed E-state index contributed by atoms with van der Waals surface area (Å²) >= 11 is 0. The van der Waals surface area contributed by atoms with Crippen LogP contribution in [-0.4, -0.2) is 19.3 Å². The minimum absolute atomic E-state index is 0.117. The summed E-state index contributed by atoms with van der Waals surface area (Å²) in [6, 6.07) is 1.78. The molecular weight excluding hydrogens is 255 g/mol. The van der Waals surface area contributed by atoms with Crippen molar-refractivity contribution in [3.05, 3.63) is 35.1 Å². The average Bonchev–Trinajstić information content (AvgIpc) is 2.35. The van der Waals surface area contributed by atoms with Gasteiger partial charge in [0.25, 0.3) is 0 Å². The first-order valence-electron chi connectivity index (χ1n) is 6.24. The van der Waals surface area contributed by atoms with Gasteiger partial charge < -0.3 is 10.1 Å². The van der Waals surface area contributed by atoms with E-state index in [2.05, 4.69) is 5.32 Å². The molecule has 0 radical (unpaired) electrons. The Hall–Kier alpha value is -1.07. The van der Waals surface area contributed by atoms with Crippen LogP contribution in [0.2, 0.25) is 0 Å². The molecule has 0 heterocycles. The van der Waals surface area contributed by atoms with Crippen molar-refractivity contribution >= 4 is 0 Å². The Labute approximate surface area is 112 Å². The highest BCUT2D eigenvalue weighted by molar-refractivity contribution is 5.24. The second-order valence-corrected chi connectivity index (χ2v) is 5.04. The van der Waals surface area contributed by atoms with E-state index in [0.717, 1.165) is 6.07 Å². The molecule has 1 atom stereocenters. The lowest BCUT2D eigenvalue weighted by molar-refractivity contribution is 0.00665. The summed E-state index contributed by atoms with van der Waals surface area (Å²) in [6.07, 6.45) is 0.444. The highest BCUT2D eigenvalue weighted by atomic mass is 19.2. The van der Waals surface area contributed by atoms with Crippen LogP contribution in [0.3, 0.4) is 0 Å². The van der Waals surface area contributed by atoms with E-state index in [0.29, 0.717) is 13.0 Å². The van der Waals surface area contributed by atoms with Gasteiger partial charge in [0.1, 0.15) is 0 Å². The number of nitrogens with one attached hydrogen (secondary N) is 1. The molecule has 1 aromatic carbocycles. The van der Waals surface area contributed by atoms with Gasteiger partial charge in [-0.2, -0.15) is 0 Å². The Morgan fingerprint density at radius 1 is 1.21 bits per heavy atom. The lowest BCUT2D eigenvalue weighted by atomic mass is 9.93. The molecule has 0 aliphatic heterocycles. The van der Waals surface area contributed by atoms with E-state index in [1.165, 1.54) is 6.07 Å². The number of hydrogen-bond acceptors (Lipinski definition) is 2. The van der Waals surface area contributed by atoms with Gasteiger partial charge in [0.2, 0.25) is 0 Å². The molecule has 1 rings (SSSR count). The van der Waals surface area contributed by atoms with Crippen LogP contribution in [0.25, 0.3) is 0 Å². The molecule has 0 bridgehead atoms. The minimum atomic E-state index is -1.43. The molecule has 0 fully saturated rings. The molecule has 0 aliphatic carbocycles. The van der Waals surface area contributed by atoms with Gasteiger partial charge in [-0.25, -0.2) is 13.2 Å². The number of halogens is 3. The molecule has 108 valence electrons. The van der Waals surface area contributed by atoms with Crippen molar-refractivity contribution < 1.29 is 17.9 Å². The van der Waals surface area contributed by atoms with E-state index < -0.39 is 29.1 Å². The highest BCUT2D eigenvalue weighted by Gasteiger charge is 2.27. The fourth-order valence-electron chi connectivity index (χ4n) is 1.92. The van der Waals surface area contributed by atoms with Gasteiger partial charge in [0.05, 0.1) is 5.60 Å². The molecule has 1 unspecified atom stereocenters. The van der Waals surface area contributed by atoms with Gasteiger partial charge in [0, 0.05) is 18.7 Å². The summed E-state index contributed by atoms with van der Waals surface area (Å²) in [5.74, 6) is -3.75. The van der Waals surface area contributed by atoms with Crippen molar-refractivity contribution in [2.24, 2.45) is 0 Å². The van der Waals surface area contributed by atoms with Crippen molar-refractivity contribution in [3.63, 3.8) is 0 Å². The predicted molar refractivity (Wildman–Crippen MR) is 68.4 cm³/mol. The lowest BCUT2D eigenvalue weighted by Gasteiger charge is -2.29. The molecule has 1 aromatic rings. The van der Waals surface area contributed by atoms with Crippen molar-refractivity contribution in [2.45, 2.75) is 38.8 Å². The van der Waals surface area contributed by atoms with Crippen molar-refractivity contribution in [1.29, 1.82) is 0 Å². The van der Waals surface area contributed by atoms with Crippen molar-refractivity contribution in [1.82, 2.24) is 5.32 Å². The Kier molecular flexibility index (Phi) is 5.38. The van der Waals surface area contributed by atoms with Crippen molar-refractivity contribution in [3.8, 4) is 0 Å². The molecule has 19 heavy (non-hydrogen) atoms. The zero-order valence-corrected chi connectivity index (χ0v) is 11.7. The number of methoxy groups -OCH3 is 1. The van der Waals surface area contributed by atoms with E-state index in [9.17, 15) is 13.2 Å². The van der Waals surface area contributed by atoms with Crippen LogP contribution in [0.1, 0.15) is 38.8 Å². The molecule has 0 amide bonds. The number of rotatable bonds is 6. The maximum absolute atomic E-state index is 13.8. The normalized spacial score (nSPS) is 13.6. The van der Waals surface area contributed by atoms with E-state index in [1.807, 2.05) is 20.8 Å². The average molecular weight is 275 g/mol. The number of ether oxygens (including phenoxy) is 1. The standard InChI is InChI=1S/C14H20F3NO/c1-5-18-11(8-14(2,3)19-4)9-6-7-10(15)13(17)12(9)16/h6-7,11,18H,5,8H2,1-4H3. The van der Waals surface area contributed by atoms with Gasteiger partial charge in [-0.1, -0.05) is 13.0 Å². The molecule has 5 heteroatoms. The molecule has 0 saturated heterocycles. The van der Waals surface area contributed by atoms with E-state index in [1.54, 1.807) is 7.11 Å². The summed E-state index contributed by atoms with van der Waals surface area (Å²) in [5.41, 5.74) is -0.379. The molecule has 0 aliphatic rings. The maximum Gasteiger partial charge on any atom is 0.194 e.